The molecule has 1 saturated heterocycles. The molecular weight excluding hydrogens is 338 g/mol. The van der Waals surface area contributed by atoms with E-state index >= 15 is 0 Å². The maximum atomic E-state index is 13.0. The van der Waals surface area contributed by atoms with Gasteiger partial charge in [0.05, 0.1) is 5.56 Å². The molecule has 0 spiro atoms. The van der Waals surface area contributed by atoms with E-state index in [1.807, 2.05) is 51.9 Å². The molecule has 2 heterocycles. The van der Waals surface area contributed by atoms with Crippen LogP contribution in [0.1, 0.15) is 48.9 Å². The number of nitrogens with zero attached hydrogens (tertiary/aromatic N) is 3. The van der Waals surface area contributed by atoms with E-state index in [0.717, 1.165) is 16.5 Å². The number of fused-ring (bicyclic) bond motifs is 1. The third-order valence-electron chi connectivity index (χ3n) is 6.23. The summed E-state index contributed by atoms with van der Waals surface area (Å²) in [5.74, 6) is 0.923. The van der Waals surface area contributed by atoms with Crippen LogP contribution in [0.5, 0.6) is 0 Å². The number of carbonyl (C=O) groups is 2. The van der Waals surface area contributed by atoms with Crippen molar-refractivity contribution < 1.29 is 9.59 Å². The molecule has 1 aliphatic carbocycles. The van der Waals surface area contributed by atoms with E-state index < -0.39 is 0 Å². The minimum absolute atomic E-state index is 0.0752. The monoisotopic (exact) mass is 367 g/mol. The molecule has 0 atom stereocenters. The predicted molar refractivity (Wildman–Crippen MR) is 107 cm³/mol. The Balaban J connectivity index is 1.37. The zero-order valence-corrected chi connectivity index (χ0v) is 16.2. The molecule has 144 valence electrons. The van der Waals surface area contributed by atoms with Crippen LogP contribution in [0.2, 0.25) is 0 Å². The Hall–Kier alpha value is -2.30. The molecule has 4 rings (SSSR count). The first-order chi connectivity index (χ1) is 13.1. The lowest BCUT2D eigenvalue weighted by atomic mass is 9.86. The molecule has 0 unspecified atom stereocenters. The average Bonchev–Trinajstić information content (AvgIpc) is 3.05. The van der Waals surface area contributed by atoms with Gasteiger partial charge in [0.15, 0.2) is 0 Å². The average molecular weight is 367 g/mol. The SMILES string of the molecule is Cn1cc(C(=O)N2CCN(C(=O)CC3CCCCC3)CC2)c2ccccc21. The van der Waals surface area contributed by atoms with Crippen LogP contribution in [0.15, 0.2) is 30.5 Å². The third-order valence-corrected chi connectivity index (χ3v) is 6.23. The standard InChI is InChI=1S/C22H29N3O2/c1-23-16-19(18-9-5-6-10-20(18)23)22(27)25-13-11-24(12-14-25)21(26)15-17-7-3-2-4-8-17/h5-6,9-10,16-17H,2-4,7-8,11-15H2,1H3. The van der Waals surface area contributed by atoms with Crippen molar-refractivity contribution in [3.8, 4) is 0 Å². The highest BCUT2D eigenvalue weighted by Crippen LogP contribution is 2.27. The molecule has 0 N–H and O–H groups in total. The molecule has 1 aromatic heterocycles. The van der Waals surface area contributed by atoms with E-state index in [9.17, 15) is 9.59 Å². The number of hydrogen-bond acceptors (Lipinski definition) is 2. The summed E-state index contributed by atoms with van der Waals surface area (Å²) in [4.78, 5) is 29.5. The van der Waals surface area contributed by atoms with E-state index in [2.05, 4.69) is 0 Å². The highest BCUT2D eigenvalue weighted by molar-refractivity contribution is 6.07. The minimum Gasteiger partial charge on any atom is -0.350 e. The van der Waals surface area contributed by atoms with Crippen molar-refractivity contribution in [3.63, 3.8) is 0 Å². The van der Waals surface area contributed by atoms with E-state index in [0.29, 0.717) is 38.5 Å². The van der Waals surface area contributed by atoms with Crippen molar-refractivity contribution in [2.24, 2.45) is 13.0 Å². The molecule has 1 saturated carbocycles. The largest absolute Gasteiger partial charge is 0.350 e. The second-order valence-corrected chi connectivity index (χ2v) is 8.05. The Kier molecular flexibility index (Phi) is 5.19. The van der Waals surface area contributed by atoms with Crippen molar-refractivity contribution in [1.29, 1.82) is 0 Å². The topological polar surface area (TPSA) is 45.6 Å². The quantitative estimate of drug-likeness (QED) is 0.834. The smallest absolute Gasteiger partial charge is 0.256 e. The number of piperazine rings is 1. The Bertz CT molecular complexity index is 827. The minimum atomic E-state index is 0.0752. The summed E-state index contributed by atoms with van der Waals surface area (Å²) >= 11 is 0. The normalized spacial score (nSPS) is 18.9. The molecule has 2 aliphatic rings. The van der Waals surface area contributed by atoms with Gasteiger partial charge in [0.1, 0.15) is 0 Å². The fourth-order valence-electron chi connectivity index (χ4n) is 4.61. The van der Waals surface area contributed by atoms with Crippen LogP contribution >= 0.6 is 0 Å². The molecule has 2 aromatic rings. The van der Waals surface area contributed by atoms with Gasteiger partial charge in [-0.15, -0.1) is 0 Å². The summed E-state index contributed by atoms with van der Waals surface area (Å²) in [6.45, 7) is 2.56. The summed E-state index contributed by atoms with van der Waals surface area (Å²) in [5.41, 5.74) is 1.83. The zero-order valence-electron chi connectivity index (χ0n) is 16.2. The van der Waals surface area contributed by atoms with Crippen LogP contribution < -0.4 is 0 Å². The molecule has 2 fully saturated rings. The number of hydrogen-bond donors (Lipinski definition) is 0. The molecule has 1 aromatic carbocycles. The van der Waals surface area contributed by atoms with Crippen LogP contribution in [-0.2, 0) is 11.8 Å². The van der Waals surface area contributed by atoms with Gasteiger partial charge in [-0.25, -0.2) is 0 Å². The van der Waals surface area contributed by atoms with Crippen LogP contribution in [0.4, 0.5) is 0 Å². The second-order valence-electron chi connectivity index (χ2n) is 8.05. The van der Waals surface area contributed by atoms with Crippen molar-refractivity contribution in [3.05, 3.63) is 36.0 Å². The maximum Gasteiger partial charge on any atom is 0.256 e. The summed E-state index contributed by atoms with van der Waals surface area (Å²) in [5, 5.41) is 1.00. The fourth-order valence-corrected chi connectivity index (χ4v) is 4.61. The predicted octanol–water partition coefficient (Wildman–Crippen LogP) is 3.43. The Labute approximate surface area is 160 Å². The van der Waals surface area contributed by atoms with Crippen LogP contribution in [0.25, 0.3) is 10.9 Å². The molecular formula is C22H29N3O2. The van der Waals surface area contributed by atoms with Crippen LogP contribution in [0.3, 0.4) is 0 Å². The number of carbonyl (C=O) groups excluding carboxylic acids is 2. The van der Waals surface area contributed by atoms with E-state index in [1.165, 1.54) is 32.1 Å². The molecule has 5 nitrogen and oxygen atoms in total. The Morgan fingerprint density at radius 1 is 0.963 bits per heavy atom. The van der Waals surface area contributed by atoms with Gasteiger partial charge in [0.2, 0.25) is 5.91 Å². The molecule has 27 heavy (non-hydrogen) atoms. The van der Waals surface area contributed by atoms with Gasteiger partial charge in [-0.1, -0.05) is 37.5 Å². The highest BCUT2D eigenvalue weighted by Gasteiger charge is 2.28. The van der Waals surface area contributed by atoms with Gasteiger partial charge in [-0.05, 0) is 24.8 Å². The molecule has 5 heteroatoms. The van der Waals surface area contributed by atoms with Gasteiger partial charge in [0, 0.05) is 56.7 Å². The van der Waals surface area contributed by atoms with Crippen LogP contribution in [0, 0.1) is 5.92 Å². The van der Waals surface area contributed by atoms with Gasteiger partial charge in [0.25, 0.3) is 5.91 Å². The number of rotatable bonds is 3. The Morgan fingerprint density at radius 2 is 1.63 bits per heavy atom. The van der Waals surface area contributed by atoms with Crippen molar-refractivity contribution in [1.82, 2.24) is 14.4 Å². The van der Waals surface area contributed by atoms with Crippen LogP contribution in [-0.4, -0.2) is 52.4 Å². The van der Waals surface area contributed by atoms with Crippen molar-refractivity contribution in [2.45, 2.75) is 38.5 Å². The number of aryl methyl sites for hydroxylation is 1. The number of aromatic nitrogens is 1. The lowest BCUT2D eigenvalue weighted by Crippen LogP contribution is -2.50. The van der Waals surface area contributed by atoms with Gasteiger partial charge < -0.3 is 14.4 Å². The van der Waals surface area contributed by atoms with E-state index in [1.54, 1.807) is 0 Å². The summed E-state index contributed by atoms with van der Waals surface area (Å²) in [6.07, 6.45) is 8.87. The summed E-state index contributed by atoms with van der Waals surface area (Å²) < 4.78 is 2.01. The number of benzene rings is 1. The van der Waals surface area contributed by atoms with Crippen molar-refractivity contribution >= 4 is 22.7 Å². The lowest BCUT2D eigenvalue weighted by molar-refractivity contribution is -0.133. The first kappa shape index (κ1) is 18.1. The van der Waals surface area contributed by atoms with Gasteiger partial charge in [-0.2, -0.15) is 0 Å². The van der Waals surface area contributed by atoms with E-state index in [4.69, 9.17) is 0 Å². The first-order valence-electron chi connectivity index (χ1n) is 10.2. The first-order valence-corrected chi connectivity index (χ1v) is 10.2. The maximum absolute atomic E-state index is 13.0. The van der Waals surface area contributed by atoms with Crippen molar-refractivity contribution in [2.75, 3.05) is 26.2 Å². The zero-order chi connectivity index (χ0) is 18.8. The van der Waals surface area contributed by atoms with Gasteiger partial charge in [-0.3, -0.25) is 9.59 Å². The molecule has 1 aliphatic heterocycles. The Morgan fingerprint density at radius 3 is 2.37 bits per heavy atom. The molecule has 0 bridgehead atoms. The molecule has 0 radical (unpaired) electrons. The third kappa shape index (κ3) is 3.73. The molecule has 2 amide bonds. The number of amides is 2. The summed E-state index contributed by atoms with van der Waals surface area (Å²) in [7, 11) is 1.97. The summed E-state index contributed by atoms with van der Waals surface area (Å²) in [6, 6.07) is 8.01. The fraction of sp³-hybridized carbons (Fsp3) is 0.545. The lowest BCUT2D eigenvalue weighted by Gasteiger charge is -2.35. The second kappa shape index (κ2) is 7.75. The van der Waals surface area contributed by atoms with E-state index in [-0.39, 0.29) is 11.8 Å². The van der Waals surface area contributed by atoms with Gasteiger partial charge >= 0.3 is 0 Å². The highest BCUT2D eigenvalue weighted by atomic mass is 16.2. The number of para-hydroxylation sites is 1.